The maximum atomic E-state index is 12.5. The highest BCUT2D eigenvalue weighted by Crippen LogP contribution is 2.44. The monoisotopic (exact) mass is 507 g/mol. The number of ether oxygens (including phenoxy) is 1. The average Bonchev–Trinajstić information content (AvgIpc) is 3.31. The van der Waals surface area contributed by atoms with Gasteiger partial charge >= 0.3 is 7.12 Å². The van der Waals surface area contributed by atoms with Crippen LogP contribution in [0.1, 0.15) is 70.1 Å². The maximum absolute atomic E-state index is 12.5. The van der Waals surface area contributed by atoms with Gasteiger partial charge in [0, 0.05) is 19.6 Å². The zero-order valence-electron chi connectivity index (χ0n) is 22.6. The number of aryl methyl sites for hydroxylation is 1. The quantitative estimate of drug-likeness (QED) is 0.468. The van der Waals surface area contributed by atoms with Gasteiger partial charge in [-0.3, -0.25) is 9.29 Å². The number of halogens is 1. The third-order valence-electron chi connectivity index (χ3n) is 8.39. The van der Waals surface area contributed by atoms with Crippen LogP contribution in [0.15, 0.2) is 47.9 Å². The van der Waals surface area contributed by atoms with Crippen LogP contribution in [-0.2, 0) is 15.7 Å². The molecule has 2 heterocycles. The van der Waals surface area contributed by atoms with Gasteiger partial charge in [0.15, 0.2) is 0 Å². The molecule has 1 unspecified atom stereocenters. The standard InChI is InChI=1S/C30H39BFNO4/c1-29(2)30(3,4)37-31(36-29)27-8-5-7-22-19-23(34)11-14-26(22)28(27)21-9-12-24(13-10-21)35-25-15-18-33(20-25)17-6-16-32/h9-14,19,25,34H,5-8,15-18,20H2,1-4H3. The molecule has 0 aromatic heterocycles. The Morgan fingerprint density at radius 2 is 1.78 bits per heavy atom. The lowest BCUT2D eigenvalue weighted by Crippen LogP contribution is -2.41. The van der Waals surface area contributed by atoms with Crippen LogP contribution >= 0.6 is 0 Å². The van der Waals surface area contributed by atoms with Crippen molar-refractivity contribution in [1.82, 2.24) is 4.90 Å². The van der Waals surface area contributed by atoms with E-state index in [1.165, 1.54) is 0 Å². The molecule has 198 valence electrons. The number of rotatable bonds is 7. The molecule has 2 aromatic rings. The number of nitrogens with zero attached hydrogens (tertiary/aromatic N) is 1. The van der Waals surface area contributed by atoms with Crippen LogP contribution in [0.3, 0.4) is 0 Å². The number of benzene rings is 2. The van der Waals surface area contributed by atoms with Crippen molar-refractivity contribution in [2.45, 2.75) is 77.1 Å². The number of fused-ring (bicyclic) bond motifs is 1. The summed E-state index contributed by atoms with van der Waals surface area (Å²) in [5.41, 5.74) is 4.77. The second kappa shape index (κ2) is 10.4. The van der Waals surface area contributed by atoms with Gasteiger partial charge in [0.05, 0.1) is 17.9 Å². The van der Waals surface area contributed by atoms with E-state index in [1.807, 2.05) is 24.3 Å². The molecule has 5 rings (SSSR count). The number of hydrogen-bond acceptors (Lipinski definition) is 5. The van der Waals surface area contributed by atoms with Gasteiger partial charge in [0.25, 0.3) is 0 Å². The Balaban J connectivity index is 1.45. The summed E-state index contributed by atoms with van der Waals surface area (Å²) in [5, 5.41) is 10.2. The summed E-state index contributed by atoms with van der Waals surface area (Å²) < 4.78 is 31.9. The lowest BCUT2D eigenvalue weighted by Gasteiger charge is -2.32. The highest BCUT2D eigenvalue weighted by molar-refractivity contribution is 6.56. The first-order valence-corrected chi connectivity index (χ1v) is 13.6. The van der Waals surface area contributed by atoms with Crippen molar-refractivity contribution in [2.24, 2.45) is 0 Å². The Morgan fingerprint density at radius 3 is 2.49 bits per heavy atom. The molecule has 2 saturated heterocycles. The van der Waals surface area contributed by atoms with Crippen LogP contribution in [0.2, 0.25) is 0 Å². The van der Waals surface area contributed by atoms with Crippen molar-refractivity contribution in [1.29, 1.82) is 0 Å². The van der Waals surface area contributed by atoms with E-state index in [2.05, 4.69) is 44.7 Å². The molecule has 5 nitrogen and oxygen atoms in total. The minimum Gasteiger partial charge on any atom is -0.508 e. The largest absolute Gasteiger partial charge is 0.508 e. The normalized spacial score (nSPS) is 23.3. The number of aromatic hydroxyl groups is 1. The van der Waals surface area contributed by atoms with Crippen LogP contribution in [0.4, 0.5) is 4.39 Å². The average molecular weight is 507 g/mol. The molecule has 7 heteroatoms. The van der Waals surface area contributed by atoms with Gasteiger partial charge < -0.3 is 19.2 Å². The fraction of sp³-hybridized carbons (Fsp3) is 0.533. The van der Waals surface area contributed by atoms with Crippen LogP contribution in [0, 0.1) is 0 Å². The van der Waals surface area contributed by atoms with Gasteiger partial charge in [-0.25, -0.2) is 0 Å². The molecule has 3 aliphatic rings. The molecule has 2 fully saturated rings. The van der Waals surface area contributed by atoms with E-state index in [9.17, 15) is 9.50 Å². The Kier molecular flexibility index (Phi) is 7.41. The molecule has 37 heavy (non-hydrogen) atoms. The summed E-state index contributed by atoms with van der Waals surface area (Å²) in [4.78, 5) is 2.28. The van der Waals surface area contributed by atoms with Gasteiger partial charge in [-0.2, -0.15) is 0 Å². The summed E-state index contributed by atoms with van der Waals surface area (Å²) in [6.07, 6.45) is 4.38. The minimum atomic E-state index is -0.426. The first-order valence-electron chi connectivity index (χ1n) is 13.6. The molecule has 0 saturated carbocycles. The summed E-state index contributed by atoms with van der Waals surface area (Å²) in [6.45, 7) is 10.7. The summed E-state index contributed by atoms with van der Waals surface area (Å²) in [7, 11) is -0.426. The Hall–Kier alpha value is -2.35. The molecule has 2 aromatic carbocycles. The van der Waals surface area contributed by atoms with E-state index in [-0.39, 0.29) is 18.5 Å². The SMILES string of the molecule is CC1(C)OB(C2=C(c3ccc(OC4CCN(CCCF)C4)cc3)c3ccc(O)cc3CCC2)OC1(C)C. The van der Waals surface area contributed by atoms with Crippen molar-refractivity contribution in [3.63, 3.8) is 0 Å². The summed E-state index contributed by atoms with van der Waals surface area (Å²) >= 11 is 0. The molecule has 0 amide bonds. The Labute approximate surface area is 220 Å². The molecular formula is C30H39BFNO4. The van der Waals surface area contributed by atoms with Crippen molar-refractivity contribution in [3.8, 4) is 11.5 Å². The van der Waals surface area contributed by atoms with Crippen molar-refractivity contribution >= 4 is 12.7 Å². The fourth-order valence-corrected chi connectivity index (χ4v) is 5.63. The Morgan fingerprint density at radius 1 is 1.05 bits per heavy atom. The summed E-state index contributed by atoms with van der Waals surface area (Å²) in [6, 6.07) is 14.0. The molecule has 1 atom stereocenters. The van der Waals surface area contributed by atoms with Crippen LogP contribution in [0.5, 0.6) is 11.5 Å². The third-order valence-corrected chi connectivity index (χ3v) is 8.39. The van der Waals surface area contributed by atoms with Gasteiger partial charge in [0.1, 0.15) is 17.6 Å². The Bertz CT molecular complexity index is 1130. The highest BCUT2D eigenvalue weighted by atomic mass is 19.1. The van der Waals surface area contributed by atoms with E-state index in [0.29, 0.717) is 6.42 Å². The number of phenolic OH excluding ortho intramolecular Hbond substituents is 1. The lowest BCUT2D eigenvalue weighted by atomic mass is 9.70. The number of likely N-dealkylation sites (tertiary alicyclic amines) is 1. The van der Waals surface area contributed by atoms with Crippen LogP contribution in [-0.4, -0.2) is 60.7 Å². The topological polar surface area (TPSA) is 51.2 Å². The number of hydrogen-bond donors (Lipinski definition) is 1. The number of alkyl halides is 1. The van der Waals surface area contributed by atoms with Gasteiger partial charge in [0.2, 0.25) is 0 Å². The lowest BCUT2D eigenvalue weighted by molar-refractivity contribution is 0.00578. The molecule has 0 radical (unpaired) electrons. The van der Waals surface area contributed by atoms with Crippen molar-refractivity contribution in [3.05, 3.63) is 64.6 Å². The van der Waals surface area contributed by atoms with E-state index < -0.39 is 18.3 Å². The van der Waals surface area contributed by atoms with Gasteiger partial charge in [-0.05, 0) is 112 Å². The van der Waals surface area contributed by atoms with Crippen LogP contribution < -0.4 is 4.74 Å². The molecule has 1 aliphatic carbocycles. The molecule has 0 bridgehead atoms. The molecule has 0 spiro atoms. The smallest absolute Gasteiger partial charge is 0.491 e. The van der Waals surface area contributed by atoms with E-state index in [4.69, 9.17) is 14.0 Å². The first kappa shape index (κ1) is 26.3. The molecule has 1 N–H and O–H groups in total. The second-order valence-electron chi connectivity index (χ2n) is 11.6. The van der Waals surface area contributed by atoms with Gasteiger partial charge in [-0.1, -0.05) is 18.2 Å². The zero-order chi connectivity index (χ0) is 26.2. The van der Waals surface area contributed by atoms with Gasteiger partial charge in [-0.15, -0.1) is 0 Å². The first-order chi connectivity index (χ1) is 17.7. The van der Waals surface area contributed by atoms with E-state index >= 15 is 0 Å². The predicted molar refractivity (Wildman–Crippen MR) is 146 cm³/mol. The minimum absolute atomic E-state index is 0.131. The van der Waals surface area contributed by atoms with Crippen molar-refractivity contribution in [2.75, 3.05) is 26.3 Å². The van der Waals surface area contributed by atoms with Crippen LogP contribution in [0.25, 0.3) is 5.57 Å². The predicted octanol–water partition coefficient (Wildman–Crippen LogP) is 5.97. The highest BCUT2D eigenvalue weighted by Gasteiger charge is 2.53. The summed E-state index contributed by atoms with van der Waals surface area (Å²) in [5.74, 6) is 1.14. The second-order valence-corrected chi connectivity index (χ2v) is 11.6. The third kappa shape index (κ3) is 5.45. The maximum Gasteiger partial charge on any atom is 0.491 e. The van der Waals surface area contributed by atoms with Crippen molar-refractivity contribution < 1.29 is 23.5 Å². The fourth-order valence-electron chi connectivity index (χ4n) is 5.63. The van der Waals surface area contributed by atoms with E-state index in [1.54, 1.807) is 6.07 Å². The molecule has 2 aliphatic heterocycles. The number of phenols is 1. The van der Waals surface area contributed by atoms with E-state index in [0.717, 1.165) is 78.8 Å². The number of allylic oxidation sites excluding steroid dienone is 1. The zero-order valence-corrected chi connectivity index (χ0v) is 22.6. The molecular weight excluding hydrogens is 468 g/mol.